The Balaban J connectivity index is 1.56. The lowest BCUT2D eigenvalue weighted by Gasteiger charge is -2.33. The van der Waals surface area contributed by atoms with Gasteiger partial charge in [0.2, 0.25) is 15.9 Å². The Morgan fingerprint density at radius 3 is 2.29 bits per heavy atom. The molecule has 1 heterocycles. The van der Waals surface area contributed by atoms with Gasteiger partial charge in [-0.3, -0.25) is 19.8 Å². The molecule has 3 rings (SSSR count). The Kier molecular flexibility index (Phi) is 7.04. The summed E-state index contributed by atoms with van der Waals surface area (Å²) in [4.78, 5) is 25.1. The first-order valence-electron chi connectivity index (χ1n) is 9.95. The molecule has 2 aromatic carbocycles. The van der Waals surface area contributed by atoms with Crippen LogP contribution in [0.15, 0.2) is 42.5 Å². The highest BCUT2D eigenvalue weighted by Crippen LogP contribution is 2.28. The van der Waals surface area contributed by atoms with E-state index in [1.54, 1.807) is 37.3 Å². The summed E-state index contributed by atoms with van der Waals surface area (Å²) in [6.45, 7) is 5.06. The second kappa shape index (κ2) is 9.54. The summed E-state index contributed by atoms with van der Waals surface area (Å²) in [5.41, 5.74) is 2.38. The quantitative estimate of drug-likeness (QED) is 0.516. The van der Waals surface area contributed by atoms with Crippen molar-refractivity contribution < 1.29 is 18.1 Å². The van der Waals surface area contributed by atoms with E-state index in [0.29, 0.717) is 26.2 Å². The predicted molar refractivity (Wildman–Crippen MR) is 118 cm³/mol. The number of aryl methyl sites for hydroxylation is 2. The molecule has 166 valence electrons. The molecule has 0 bridgehead atoms. The molecule has 0 spiro atoms. The fraction of sp³-hybridized carbons (Fsp3) is 0.381. The van der Waals surface area contributed by atoms with E-state index in [0.717, 1.165) is 16.7 Å². The first kappa shape index (κ1) is 22.9. The van der Waals surface area contributed by atoms with E-state index >= 15 is 0 Å². The molecule has 0 saturated carbocycles. The number of amides is 1. The minimum absolute atomic E-state index is 0.0383. The summed E-state index contributed by atoms with van der Waals surface area (Å²) in [6.07, 6.45) is 0. The molecule has 0 atom stereocenters. The van der Waals surface area contributed by atoms with Gasteiger partial charge < -0.3 is 5.32 Å². The topological polar surface area (TPSA) is 113 Å². The van der Waals surface area contributed by atoms with Gasteiger partial charge in [-0.2, -0.15) is 4.31 Å². The highest BCUT2D eigenvalue weighted by Gasteiger charge is 2.28. The molecule has 0 aliphatic carbocycles. The van der Waals surface area contributed by atoms with Crippen LogP contribution >= 0.6 is 0 Å². The number of nitrogens with one attached hydrogen (secondary N) is 1. The molecule has 1 saturated heterocycles. The zero-order valence-corrected chi connectivity index (χ0v) is 18.4. The lowest BCUT2D eigenvalue weighted by atomic mass is 10.1. The molecule has 1 amide bonds. The number of rotatable bonds is 7. The van der Waals surface area contributed by atoms with Crippen LogP contribution in [0.1, 0.15) is 16.7 Å². The van der Waals surface area contributed by atoms with Crippen molar-refractivity contribution in [3.05, 3.63) is 69.3 Å². The number of piperazine rings is 1. The number of nitrogens with zero attached hydrogens (tertiary/aromatic N) is 3. The Bertz CT molecular complexity index is 1060. The van der Waals surface area contributed by atoms with Crippen LogP contribution in [-0.4, -0.2) is 61.2 Å². The van der Waals surface area contributed by atoms with E-state index in [1.807, 2.05) is 17.9 Å². The Morgan fingerprint density at radius 2 is 1.68 bits per heavy atom. The van der Waals surface area contributed by atoms with Crippen molar-refractivity contribution in [1.82, 2.24) is 9.21 Å². The van der Waals surface area contributed by atoms with Crippen molar-refractivity contribution >= 4 is 27.3 Å². The molecule has 1 aliphatic heterocycles. The Hall–Kier alpha value is -2.82. The predicted octanol–water partition coefficient (Wildman–Crippen LogP) is 2.30. The molecule has 9 nitrogen and oxygen atoms in total. The van der Waals surface area contributed by atoms with Crippen molar-refractivity contribution in [2.45, 2.75) is 19.6 Å². The van der Waals surface area contributed by atoms with E-state index in [1.165, 1.54) is 10.4 Å². The summed E-state index contributed by atoms with van der Waals surface area (Å²) in [7, 11) is -3.43. The summed E-state index contributed by atoms with van der Waals surface area (Å²) >= 11 is 0. The fourth-order valence-electron chi connectivity index (χ4n) is 3.49. The number of carbonyl (C=O) groups is 1. The third-order valence-electron chi connectivity index (χ3n) is 5.37. The highest BCUT2D eigenvalue weighted by atomic mass is 32.2. The van der Waals surface area contributed by atoms with Crippen molar-refractivity contribution in [2.24, 2.45) is 0 Å². The lowest BCUT2D eigenvalue weighted by molar-refractivity contribution is -0.384. The van der Waals surface area contributed by atoms with Gasteiger partial charge in [0.1, 0.15) is 5.69 Å². The van der Waals surface area contributed by atoms with Gasteiger partial charge in [0.25, 0.3) is 5.69 Å². The number of hydrogen-bond acceptors (Lipinski definition) is 6. The Morgan fingerprint density at radius 1 is 1.06 bits per heavy atom. The van der Waals surface area contributed by atoms with Crippen LogP contribution in [0, 0.1) is 24.0 Å². The summed E-state index contributed by atoms with van der Waals surface area (Å²) in [5.74, 6) is -0.419. The molecule has 0 aromatic heterocycles. The van der Waals surface area contributed by atoms with Crippen LogP contribution in [0.4, 0.5) is 11.4 Å². The van der Waals surface area contributed by atoms with Gasteiger partial charge in [-0.1, -0.05) is 30.3 Å². The monoisotopic (exact) mass is 446 g/mol. The number of nitro benzene ring substituents is 1. The number of sulfonamides is 1. The third-order valence-corrected chi connectivity index (χ3v) is 7.22. The first-order chi connectivity index (χ1) is 14.7. The average molecular weight is 447 g/mol. The summed E-state index contributed by atoms with van der Waals surface area (Å²) < 4.78 is 26.7. The highest BCUT2D eigenvalue weighted by molar-refractivity contribution is 7.88. The standard InChI is InChI=1S/C21H26N4O5S/c1-16-12-19(20(25(27)28)13-17(16)2)22-21(26)14-23-8-10-24(11-9-23)31(29,30)15-18-6-4-3-5-7-18/h3-7,12-13H,8-11,14-15H2,1-2H3,(H,22,26). The van der Waals surface area contributed by atoms with Gasteiger partial charge in [-0.25, -0.2) is 8.42 Å². The van der Waals surface area contributed by atoms with Crippen LogP contribution in [0.2, 0.25) is 0 Å². The van der Waals surface area contributed by atoms with Crippen molar-refractivity contribution in [3.63, 3.8) is 0 Å². The van der Waals surface area contributed by atoms with Crippen molar-refractivity contribution in [2.75, 3.05) is 38.0 Å². The van der Waals surface area contributed by atoms with E-state index in [2.05, 4.69) is 5.32 Å². The van der Waals surface area contributed by atoms with E-state index in [9.17, 15) is 23.3 Å². The second-order valence-electron chi connectivity index (χ2n) is 7.68. The second-order valence-corrected chi connectivity index (χ2v) is 9.64. The molecule has 2 aromatic rings. The maximum absolute atomic E-state index is 12.7. The lowest BCUT2D eigenvalue weighted by Crippen LogP contribution is -2.50. The summed E-state index contributed by atoms with van der Waals surface area (Å²) in [5, 5.41) is 13.9. The fourth-order valence-corrected chi connectivity index (χ4v) is 5.00. The van der Waals surface area contributed by atoms with Gasteiger partial charge >= 0.3 is 0 Å². The van der Waals surface area contributed by atoms with Crippen molar-refractivity contribution in [3.8, 4) is 0 Å². The molecule has 1 fully saturated rings. The smallest absolute Gasteiger partial charge is 0.293 e. The number of hydrogen-bond donors (Lipinski definition) is 1. The van der Waals surface area contributed by atoms with E-state index in [-0.39, 0.29) is 29.6 Å². The Labute approximate surface area is 181 Å². The molecular weight excluding hydrogens is 420 g/mol. The first-order valence-corrected chi connectivity index (χ1v) is 11.6. The zero-order chi connectivity index (χ0) is 22.6. The van der Waals surface area contributed by atoms with Crippen LogP contribution in [0.5, 0.6) is 0 Å². The van der Waals surface area contributed by atoms with Crippen LogP contribution in [-0.2, 0) is 20.6 Å². The third kappa shape index (κ3) is 5.87. The minimum atomic E-state index is -3.43. The van der Waals surface area contributed by atoms with Crippen molar-refractivity contribution in [1.29, 1.82) is 0 Å². The number of anilines is 1. The largest absolute Gasteiger partial charge is 0.319 e. The van der Waals surface area contributed by atoms with E-state index in [4.69, 9.17) is 0 Å². The maximum Gasteiger partial charge on any atom is 0.293 e. The average Bonchev–Trinajstić information content (AvgIpc) is 2.71. The summed E-state index contributed by atoms with van der Waals surface area (Å²) in [6, 6.07) is 12.1. The molecule has 31 heavy (non-hydrogen) atoms. The number of nitro groups is 1. The van der Waals surface area contributed by atoms with Gasteiger partial charge in [-0.05, 0) is 36.6 Å². The zero-order valence-electron chi connectivity index (χ0n) is 17.6. The van der Waals surface area contributed by atoms with Crippen LogP contribution < -0.4 is 5.32 Å². The molecule has 10 heteroatoms. The van der Waals surface area contributed by atoms with Gasteiger partial charge in [0.15, 0.2) is 0 Å². The molecule has 1 N–H and O–H groups in total. The van der Waals surface area contributed by atoms with Gasteiger partial charge in [0, 0.05) is 32.2 Å². The molecule has 0 unspecified atom stereocenters. The minimum Gasteiger partial charge on any atom is -0.319 e. The normalized spacial score (nSPS) is 15.5. The maximum atomic E-state index is 12.7. The van der Waals surface area contributed by atoms with Gasteiger partial charge in [-0.15, -0.1) is 0 Å². The molecular formula is C21H26N4O5S. The van der Waals surface area contributed by atoms with Crippen LogP contribution in [0.25, 0.3) is 0 Å². The number of benzene rings is 2. The number of carbonyl (C=O) groups excluding carboxylic acids is 1. The van der Waals surface area contributed by atoms with Gasteiger partial charge in [0.05, 0.1) is 17.2 Å². The SMILES string of the molecule is Cc1cc(NC(=O)CN2CCN(S(=O)(=O)Cc3ccccc3)CC2)c([N+](=O)[O-])cc1C. The molecule has 1 aliphatic rings. The van der Waals surface area contributed by atoms with E-state index < -0.39 is 14.9 Å². The molecule has 0 radical (unpaired) electrons. The van der Waals surface area contributed by atoms with Crippen LogP contribution in [0.3, 0.4) is 0 Å².